The van der Waals surface area contributed by atoms with Gasteiger partial charge in [-0.1, -0.05) is 72.4 Å². The number of hydrogen-bond acceptors (Lipinski definition) is 3. The lowest BCUT2D eigenvalue weighted by molar-refractivity contribution is -0.107. The molecule has 94 valence electrons. The molecule has 2 aromatic rings. The smallest absolute Gasteiger partial charge is 0.237 e. The van der Waals surface area contributed by atoms with E-state index in [9.17, 15) is 4.79 Å². The highest BCUT2D eigenvalue weighted by atomic mass is 32.2. The molecule has 0 saturated carbocycles. The van der Waals surface area contributed by atoms with Gasteiger partial charge >= 0.3 is 0 Å². The molecular formula is C16H13NOS. The number of carbonyl (C=O) groups is 1. The van der Waals surface area contributed by atoms with Crippen LogP contribution in [-0.4, -0.2) is 5.12 Å². The highest BCUT2D eigenvalue weighted by molar-refractivity contribution is 8.14. The molecule has 0 unspecified atom stereocenters. The van der Waals surface area contributed by atoms with E-state index in [2.05, 4.69) is 5.32 Å². The minimum atomic E-state index is 0.0173. The summed E-state index contributed by atoms with van der Waals surface area (Å²) in [5.74, 6) is 0. The second-order valence-corrected chi connectivity index (χ2v) is 5.39. The Hall–Kier alpha value is -2.00. The number of hydrogen-bond donors (Lipinski definition) is 1. The molecule has 1 atom stereocenters. The predicted octanol–water partition coefficient (Wildman–Crippen LogP) is 3.59. The molecule has 2 aromatic carbocycles. The third-order valence-electron chi connectivity index (χ3n) is 2.94. The molecule has 1 aliphatic heterocycles. The summed E-state index contributed by atoms with van der Waals surface area (Å²) in [4.78, 5) is 12.0. The molecule has 0 aromatic heterocycles. The van der Waals surface area contributed by atoms with Crippen molar-refractivity contribution in [2.45, 2.75) is 5.37 Å². The molecular weight excluding hydrogens is 254 g/mol. The van der Waals surface area contributed by atoms with Crippen molar-refractivity contribution in [3.05, 3.63) is 77.5 Å². The van der Waals surface area contributed by atoms with Crippen molar-refractivity contribution in [2.75, 3.05) is 0 Å². The third-order valence-corrected chi connectivity index (χ3v) is 4.00. The minimum absolute atomic E-state index is 0.0173. The lowest BCUT2D eigenvalue weighted by Crippen LogP contribution is -2.11. The standard InChI is InChI=1S/C16H13NOS/c18-16-14(11-12-7-3-1-4-8-12)17-15(19-16)13-9-5-2-6-10-13/h1-11,15,17H/b14-11-/t15-/m0/s1. The normalized spacial score (nSPS) is 20.5. The van der Waals surface area contributed by atoms with Crippen molar-refractivity contribution in [3.63, 3.8) is 0 Å². The summed E-state index contributed by atoms with van der Waals surface area (Å²) in [7, 11) is 0. The highest BCUT2D eigenvalue weighted by Crippen LogP contribution is 2.35. The summed E-state index contributed by atoms with van der Waals surface area (Å²) >= 11 is 1.33. The molecule has 19 heavy (non-hydrogen) atoms. The van der Waals surface area contributed by atoms with Crippen LogP contribution >= 0.6 is 11.8 Å². The maximum Gasteiger partial charge on any atom is 0.237 e. The summed E-state index contributed by atoms with van der Waals surface area (Å²) < 4.78 is 0. The molecule has 1 aliphatic rings. The summed E-state index contributed by atoms with van der Waals surface area (Å²) in [6.45, 7) is 0. The second kappa shape index (κ2) is 5.33. The van der Waals surface area contributed by atoms with Crippen LogP contribution in [0.15, 0.2) is 66.4 Å². The van der Waals surface area contributed by atoms with Gasteiger partial charge in [-0.05, 0) is 17.2 Å². The van der Waals surface area contributed by atoms with Crippen molar-refractivity contribution < 1.29 is 4.79 Å². The topological polar surface area (TPSA) is 29.1 Å². The summed E-state index contributed by atoms with van der Waals surface area (Å²) in [5, 5.41) is 3.39. The van der Waals surface area contributed by atoms with Crippen LogP contribution in [0.3, 0.4) is 0 Å². The predicted molar refractivity (Wildman–Crippen MR) is 79.3 cm³/mol. The fourth-order valence-electron chi connectivity index (χ4n) is 2.00. The van der Waals surface area contributed by atoms with Crippen molar-refractivity contribution >= 4 is 23.0 Å². The maximum absolute atomic E-state index is 12.0. The van der Waals surface area contributed by atoms with Crippen LogP contribution in [0.4, 0.5) is 0 Å². The monoisotopic (exact) mass is 267 g/mol. The van der Waals surface area contributed by atoms with Gasteiger partial charge in [0.15, 0.2) is 0 Å². The van der Waals surface area contributed by atoms with Crippen LogP contribution in [-0.2, 0) is 4.79 Å². The largest absolute Gasteiger partial charge is 0.365 e. The van der Waals surface area contributed by atoms with Gasteiger partial charge in [-0.15, -0.1) is 0 Å². The lowest BCUT2D eigenvalue weighted by atomic mass is 10.2. The van der Waals surface area contributed by atoms with Crippen LogP contribution in [0.5, 0.6) is 0 Å². The number of carbonyl (C=O) groups excluding carboxylic acids is 1. The number of rotatable bonds is 2. The Morgan fingerprint density at radius 3 is 2.26 bits per heavy atom. The average Bonchev–Trinajstić information content (AvgIpc) is 2.82. The van der Waals surface area contributed by atoms with E-state index in [-0.39, 0.29) is 10.5 Å². The molecule has 0 bridgehead atoms. The molecule has 1 N–H and O–H groups in total. The Balaban J connectivity index is 1.83. The minimum Gasteiger partial charge on any atom is -0.365 e. The molecule has 1 saturated heterocycles. The van der Waals surface area contributed by atoms with Gasteiger partial charge in [-0.25, -0.2) is 0 Å². The Morgan fingerprint density at radius 2 is 1.58 bits per heavy atom. The maximum atomic E-state index is 12.0. The molecule has 1 heterocycles. The first-order valence-electron chi connectivity index (χ1n) is 6.12. The molecule has 0 amide bonds. The molecule has 3 rings (SSSR count). The Bertz CT molecular complexity index is 607. The highest BCUT2D eigenvalue weighted by Gasteiger charge is 2.28. The van der Waals surface area contributed by atoms with Crippen molar-refractivity contribution in [2.24, 2.45) is 0 Å². The van der Waals surface area contributed by atoms with Gasteiger partial charge in [0.25, 0.3) is 0 Å². The van der Waals surface area contributed by atoms with Crippen LogP contribution < -0.4 is 5.32 Å². The zero-order valence-corrected chi connectivity index (χ0v) is 11.1. The zero-order chi connectivity index (χ0) is 13.1. The zero-order valence-electron chi connectivity index (χ0n) is 10.2. The molecule has 1 fully saturated rings. The van der Waals surface area contributed by atoms with E-state index in [1.807, 2.05) is 66.7 Å². The Kier molecular flexibility index (Phi) is 3.38. The van der Waals surface area contributed by atoms with Crippen LogP contribution in [0.25, 0.3) is 6.08 Å². The van der Waals surface area contributed by atoms with Gasteiger partial charge < -0.3 is 5.32 Å². The first-order chi connectivity index (χ1) is 9.33. The van der Waals surface area contributed by atoms with Gasteiger partial charge in [0.2, 0.25) is 5.12 Å². The number of nitrogens with one attached hydrogen (secondary N) is 1. The van der Waals surface area contributed by atoms with Crippen molar-refractivity contribution in [1.29, 1.82) is 0 Å². The Morgan fingerprint density at radius 1 is 0.947 bits per heavy atom. The van der Waals surface area contributed by atoms with Gasteiger partial charge in [0, 0.05) is 0 Å². The number of thioether (sulfide) groups is 1. The summed E-state index contributed by atoms with van der Waals surface area (Å²) in [6, 6.07) is 19.9. The van der Waals surface area contributed by atoms with Gasteiger partial charge in [0.1, 0.15) is 5.37 Å². The van der Waals surface area contributed by atoms with E-state index in [1.54, 1.807) is 0 Å². The SMILES string of the molecule is O=C1S[C@@H](c2ccccc2)N/C1=C\c1ccccc1. The second-order valence-electron chi connectivity index (χ2n) is 4.31. The third kappa shape index (κ3) is 2.71. The van der Waals surface area contributed by atoms with Crippen LogP contribution in [0.2, 0.25) is 0 Å². The van der Waals surface area contributed by atoms with E-state index in [1.165, 1.54) is 11.8 Å². The molecule has 0 aliphatic carbocycles. The van der Waals surface area contributed by atoms with Crippen molar-refractivity contribution in [3.8, 4) is 0 Å². The van der Waals surface area contributed by atoms with Crippen LogP contribution in [0, 0.1) is 0 Å². The van der Waals surface area contributed by atoms with Gasteiger partial charge in [-0.2, -0.15) is 0 Å². The van der Waals surface area contributed by atoms with Gasteiger partial charge in [-0.3, -0.25) is 4.79 Å². The molecule has 0 spiro atoms. The van der Waals surface area contributed by atoms with E-state index in [0.29, 0.717) is 5.70 Å². The van der Waals surface area contributed by atoms with E-state index < -0.39 is 0 Å². The summed E-state index contributed by atoms with van der Waals surface area (Å²) in [6.07, 6.45) is 1.90. The first kappa shape index (κ1) is 12.1. The van der Waals surface area contributed by atoms with E-state index >= 15 is 0 Å². The number of benzene rings is 2. The average molecular weight is 267 g/mol. The fourth-order valence-corrected chi connectivity index (χ4v) is 2.93. The molecule has 2 nitrogen and oxygen atoms in total. The van der Waals surface area contributed by atoms with E-state index in [4.69, 9.17) is 0 Å². The first-order valence-corrected chi connectivity index (χ1v) is 7.00. The Labute approximate surface area is 116 Å². The van der Waals surface area contributed by atoms with Crippen LogP contribution in [0.1, 0.15) is 16.5 Å². The summed E-state index contributed by atoms with van der Waals surface area (Å²) in [5.41, 5.74) is 2.83. The lowest BCUT2D eigenvalue weighted by Gasteiger charge is -2.08. The van der Waals surface area contributed by atoms with Gasteiger partial charge in [0.05, 0.1) is 5.70 Å². The molecule has 3 heteroatoms. The fraction of sp³-hybridized carbons (Fsp3) is 0.0625. The quantitative estimate of drug-likeness (QED) is 0.843. The van der Waals surface area contributed by atoms with E-state index in [0.717, 1.165) is 11.1 Å². The van der Waals surface area contributed by atoms with Crippen molar-refractivity contribution in [1.82, 2.24) is 5.32 Å². The molecule has 0 radical (unpaired) electrons.